The average molecular weight is 549 g/mol. The molecule has 1 N–H and O–H groups in total. The summed E-state index contributed by atoms with van der Waals surface area (Å²) < 4.78 is 23.0. The molecule has 0 saturated heterocycles. The number of ether oxygens (including phenoxy) is 2. The lowest BCUT2D eigenvalue weighted by Crippen LogP contribution is -2.38. The van der Waals surface area contributed by atoms with E-state index in [0.29, 0.717) is 43.1 Å². The van der Waals surface area contributed by atoms with Crippen LogP contribution in [0.3, 0.4) is 0 Å². The third-order valence-electron chi connectivity index (χ3n) is 6.63. The second kappa shape index (κ2) is 11.5. The molecule has 4 aromatic rings. The Balaban J connectivity index is 1.61. The Morgan fingerprint density at radius 1 is 0.950 bits per heavy atom. The number of aryl methyl sites for hydroxylation is 5. The summed E-state index contributed by atoms with van der Waals surface area (Å²) in [6.45, 7) is 14.0. The zero-order valence-corrected chi connectivity index (χ0v) is 24.3. The molecule has 10 nitrogen and oxygen atoms in total. The highest BCUT2D eigenvalue weighted by atomic mass is 16.5. The minimum absolute atomic E-state index is 0.409. The molecule has 0 aliphatic carbocycles. The van der Waals surface area contributed by atoms with Crippen molar-refractivity contribution in [1.82, 2.24) is 20.1 Å². The van der Waals surface area contributed by atoms with Gasteiger partial charge in [-0.3, -0.25) is 4.90 Å². The number of methoxy groups -OCH3 is 1. The van der Waals surface area contributed by atoms with Crippen molar-refractivity contribution >= 4 is 5.97 Å². The SMILES string of the molecule is COc1ccc(-c2nc(CN(Cc3cc(C)c(OC(C)(C)C(=O)O)c(C)c3)Cc3nnc(C)o3)c(C)o2)cc1C. The van der Waals surface area contributed by atoms with E-state index in [1.807, 2.05) is 58.0 Å². The molecule has 212 valence electrons. The van der Waals surface area contributed by atoms with Gasteiger partial charge in [-0.05, 0) is 82.0 Å². The van der Waals surface area contributed by atoms with E-state index in [-0.39, 0.29) is 0 Å². The molecule has 0 radical (unpaired) electrons. The molecule has 0 unspecified atom stereocenters. The lowest BCUT2D eigenvalue weighted by molar-refractivity contribution is -0.152. The monoisotopic (exact) mass is 548 g/mol. The van der Waals surface area contributed by atoms with Crippen molar-refractivity contribution in [2.24, 2.45) is 0 Å². The third-order valence-corrected chi connectivity index (χ3v) is 6.63. The second-order valence-corrected chi connectivity index (χ2v) is 10.5. The zero-order chi connectivity index (χ0) is 29.2. The van der Waals surface area contributed by atoms with E-state index in [4.69, 9.17) is 23.3 Å². The Hall–Kier alpha value is -4.18. The number of aromatic nitrogens is 3. The number of aliphatic carboxylic acids is 1. The Kier molecular flexibility index (Phi) is 8.29. The first kappa shape index (κ1) is 28.8. The highest BCUT2D eigenvalue weighted by Gasteiger charge is 2.30. The van der Waals surface area contributed by atoms with E-state index >= 15 is 0 Å². The van der Waals surface area contributed by atoms with Crippen LogP contribution >= 0.6 is 0 Å². The molecule has 0 aliphatic heterocycles. The van der Waals surface area contributed by atoms with Crippen LogP contribution in [0.15, 0.2) is 39.2 Å². The van der Waals surface area contributed by atoms with Gasteiger partial charge in [-0.25, -0.2) is 9.78 Å². The van der Waals surface area contributed by atoms with Crippen molar-refractivity contribution in [3.05, 3.63) is 75.8 Å². The first-order chi connectivity index (χ1) is 18.9. The van der Waals surface area contributed by atoms with Crippen molar-refractivity contribution in [3.63, 3.8) is 0 Å². The van der Waals surface area contributed by atoms with E-state index in [2.05, 4.69) is 15.1 Å². The molecule has 2 aromatic heterocycles. The molecule has 4 rings (SSSR count). The van der Waals surface area contributed by atoms with Gasteiger partial charge in [0.1, 0.15) is 17.3 Å². The minimum Gasteiger partial charge on any atom is -0.496 e. The highest BCUT2D eigenvalue weighted by molar-refractivity contribution is 5.77. The summed E-state index contributed by atoms with van der Waals surface area (Å²) in [6.07, 6.45) is 0. The van der Waals surface area contributed by atoms with Gasteiger partial charge in [0.2, 0.25) is 17.7 Å². The molecule has 40 heavy (non-hydrogen) atoms. The van der Waals surface area contributed by atoms with Crippen LogP contribution in [0.4, 0.5) is 0 Å². The molecule has 0 amide bonds. The molecule has 10 heteroatoms. The number of hydrogen-bond acceptors (Lipinski definition) is 9. The van der Waals surface area contributed by atoms with Crippen molar-refractivity contribution in [2.45, 2.75) is 73.7 Å². The van der Waals surface area contributed by atoms with Gasteiger partial charge in [0.15, 0.2) is 5.60 Å². The summed E-state index contributed by atoms with van der Waals surface area (Å²) in [4.78, 5) is 18.6. The third kappa shape index (κ3) is 6.51. The summed E-state index contributed by atoms with van der Waals surface area (Å²) in [5.41, 5.74) is 4.06. The fourth-order valence-corrected chi connectivity index (χ4v) is 4.53. The number of nitrogens with zero attached hydrogens (tertiary/aromatic N) is 4. The van der Waals surface area contributed by atoms with Gasteiger partial charge in [-0.1, -0.05) is 12.1 Å². The lowest BCUT2D eigenvalue weighted by Gasteiger charge is -2.25. The normalized spacial score (nSPS) is 11.7. The van der Waals surface area contributed by atoms with Crippen molar-refractivity contribution in [1.29, 1.82) is 0 Å². The fraction of sp³-hybridized carbons (Fsp3) is 0.400. The molecule has 0 atom stereocenters. The van der Waals surface area contributed by atoms with Gasteiger partial charge >= 0.3 is 5.97 Å². The molecule has 2 aromatic carbocycles. The Morgan fingerprint density at radius 2 is 1.65 bits per heavy atom. The summed E-state index contributed by atoms with van der Waals surface area (Å²) in [5.74, 6) is 2.62. The Morgan fingerprint density at radius 3 is 2.23 bits per heavy atom. The first-order valence-corrected chi connectivity index (χ1v) is 13.0. The maximum atomic E-state index is 11.6. The van der Waals surface area contributed by atoms with Crippen LogP contribution in [0.1, 0.15) is 59.3 Å². The molecule has 0 fully saturated rings. The standard InChI is InChI=1S/C30H36N4O6/c1-17-13-23(9-10-25(17)37-8)28-31-24(20(4)38-28)15-34(16-26-33-32-21(5)39-26)14-22-11-18(2)27(19(3)12-22)40-30(6,7)29(35)36/h9-13H,14-16H2,1-8H3,(H,35,36). The van der Waals surface area contributed by atoms with Gasteiger partial charge in [-0.2, -0.15) is 0 Å². The highest BCUT2D eigenvalue weighted by Crippen LogP contribution is 2.31. The van der Waals surface area contributed by atoms with Gasteiger partial charge in [-0.15, -0.1) is 10.2 Å². The van der Waals surface area contributed by atoms with E-state index in [1.54, 1.807) is 14.0 Å². The number of benzene rings is 2. The summed E-state index contributed by atoms with van der Waals surface area (Å²) in [6, 6.07) is 9.85. The smallest absolute Gasteiger partial charge is 0.347 e. The number of carboxylic acids is 1. The Bertz CT molecular complexity index is 1500. The minimum atomic E-state index is -1.34. The number of rotatable bonds is 11. The van der Waals surface area contributed by atoms with Gasteiger partial charge in [0.05, 0.1) is 19.3 Å². The molecular formula is C30H36N4O6. The van der Waals surface area contributed by atoms with Crippen LogP contribution in [0, 0.1) is 34.6 Å². The van der Waals surface area contributed by atoms with Crippen molar-refractivity contribution < 1.29 is 28.2 Å². The molecule has 0 aliphatic rings. The van der Waals surface area contributed by atoms with Crippen LogP contribution in [0.25, 0.3) is 11.5 Å². The first-order valence-electron chi connectivity index (χ1n) is 13.0. The van der Waals surface area contributed by atoms with E-state index in [0.717, 1.165) is 45.0 Å². The maximum Gasteiger partial charge on any atom is 0.347 e. The number of hydrogen-bond donors (Lipinski definition) is 1. The predicted molar refractivity (Wildman–Crippen MR) is 148 cm³/mol. The van der Waals surface area contributed by atoms with Gasteiger partial charge in [0, 0.05) is 25.6 Å². The topological polar surface area (TPSA) is 124 Å². The largest absolute Gasteiger partial charge is 0.496 e. The Labute approximate surface area is 234 Å². The van der Waals surface area contributed by atoms with Gasteiger partial charge in [0.25, 0.3) is 0 Å². The predicted octanol–water partition coefficient (Wildman–Crippen LogP) is 5.72. The zero-order valence-electron chi connectivity index (χ0n) is 24.3. The molecular weight excluding hydrogens is 512 g/mol. The van der Waals surface area contributed by atoms with Crippen LogP contribution < -0.4 is 9.47 Å². The van der Waals surface area contributed by atoms with Crippen LogP contribution in [0.2, 0.25) is 0 Å². The summed E-state index contributed by atoms with van der Waals surface area (Å²) in [5, 5.41) is 17.7. The second-order valence-electron chi connectivity index (χ2n) is 10.5. The van der Waals surface area contributed by atoms with Crippen LogP contribution in [-0.2, 0) is 24.4 Å². The number of oxazole rings is 1. The molecule has 2 heterocycles. The van der Waals surface area contributed by atoms with Crippen LogP contribution in [-0.4, -0.2) is 43.9 Å². The van der Waals surface area contributed by atoms with Gasteiger partial charge < -0.3 is 23.4 Å². The quantitative estimate of drug-likeness (QED) is 0.249. The maximum absolute atomic E-state index is 11.6. The van der Waals surface area contributed by atoms with E-state index in [1.165, 1.54) is 13.8 Å². The fourth-order valence-electron chi connectivity index (χ4n) is 4.53. The average Bonchev–Trinajstić information content (AvgIpc) is 3.45. The van der Waals surface area contributed by atoms with Crippen LogP contribution in [0.5, 0.6) is 11.5 Å². The van der Waals surface area contributed by atoms with E-state index < -0.39 is 11.6 Å². The van der Waals surface area contributed by atoms with Crippen molar-refractivity contribution in [2.75, 3.05) is 7.11 Å². The van der Waals surface area contributed by atoms with Crippen molar-refractivity contribution in [3.8, 4) is 23.0 Å². The lowest BCUT2D eigenvalue weighted by atomic mass is 10.0. The molecule has 0 spiro atoms. The number of carboxylic acid groups (broad SMARTS) is 1. The summed E-state index contributed by atoms with van der Waals surface area (Å²) >= 11 is 0. The molecule has 0 bridgehead atoms. The molecule has 0 saturated carbocycles. The summed E-state index contributed by atoms with van der Waals surface area (Å²) in [7, 11) is 1.65. The number of carbonyl (C=O) groups is 1. The van der Waals surface area contributed by atoms with E-state index in [9.17, 15) is 9.90 Å².